The van der Waals surface area contributed by atoms with Crippen molar-refractivity contribution in [2.45, 2.75) is 74.8 Å². The first kappa shape index (κ1) is 32.1. The van der Waals surface area contributed by atoms with Gasteiger partial charge in [0, 0.05) is 43.7 Å². The molecule has 1 spiro atoms. The van der Waals surface area contributed by atoms with Gasteiger partial charge >= 0.3 is 0 Å². The van der Waals surface area contributed by atoms with E-state index >= 15 is 0 Å². The van der Waals surface area contributed by atoms with Crippen molar-refractivity contribution in [3.63, 3.8) is 0 Å². The number of hydrogen-bond acceptors (Lipinski definition) is 6. The third-order valence-corrected chi connectivity index (χ3v) is 10.8. The van der Waals surface area contributed by atoms with E-state index in [2.05, 4.69) is 20.1 Å². The highest BCUT2D eigenvalue weighted by Crippen LogP contribution is 2.66. The van der Waals surface area contributed by atoms with Gasteiger partial charge in [-0.1, -0.05) is 31.9 Å². The number of likely N-dealkylation sites (tertiary alicyclic amines) is 1. The molecule has 4 rings (SSSR count). The number of benzene rings is 1. The number of anilines is 1. The Balaban J connectivity index is 1.68. The van der Waals surface area contributed by atoms with Gasteiger partial charge in [0.2, 0.25) is 17.7 Å². The topological polar surface area (TPSA) is 90.4 Å². The first-order valence-electron chi connectivity index (χ1n) is 15.5. The van der Waals surface area contributed by atoms with Crippen LogP contribution in [0.2, 0.25) is 0 Å². The highest BCUT2D eigenvalue weighted by Gasteiger charge is 2.74. The number of amides is 3. The molecule has 0 aromatic heterocycles. The second-order valence-electron chi connectivity index (χ2n) is 11.5. The molecule has 5 atom stereocenters. The van der Waals surface area contributed by atoms with Crippen molar-refractivity contribution in [3.05, 3.63) is 49.6 Å². The van der Waals surface area contributed by atoms with Gasteiger partial charge in [-0.25, -0.2) is 0 Å². The minimum absolute atomic E-state index is 0.0238. The number of carbonyl (C=O) groups is 3. The van der Waals surface area contributed by atoms with E-state index in [0.717, 1.165) is 43.5 Å². The number of thioether (sulfide) groups is 1. The van der Waals surface area contributed by atoms with Crippen LogP contribution in [0.15, 0.2) is 49.6 Å². The summed E-state index contributed by atoms with van der Waals surface area (Å²) in [7, 11) is 0. The third kappa shape index (κ3) is 6.13. The number of aliphatic hydroxyl groups excluding tert-OH is 1. The van der Waals surface area contributed by atoms with Crippen molar-refractivity contribution in [1.82, 2.24) is 9.80 Å². The zero-order valence-electron chi connectivity index (χ0n) is 25.2. The van der Waals surface area contributed by atoms with Crippen LogP contribution in [0.3, 0.4) is 0 Å². The number of fused-ring (bicyclic) bond motifs is 1. The maximum absolute atomic E-state index is 14.4. The molecule has 3 aliphatic heterocycles. The quantitative estimate of drug-likeness (QED) is 0.207. The molecule has 8 nitrogen and oxygen atoms in total. The van der Waals surface area contributed by atoms with Gasteiger partial charge in [0.1, 0.15) is 11.8 Å². The summed E-state index contributed by atoms with van der Waals surface area (Å²) >= 11 is 1.69. The summed E-state index contributed by atoms with van der Waals surface area (Å²) < 4.78 is 4.95. The lowest BCUT2D eigenvalue weighted by Crippen LogP contribution is -2.55. The molecular formula is C33H47N3O5S. The van der Waals surface area contributed by atoms with Crippen LogP contribution in [0.1, 0.15) is 58.8 Å². The Morgan fingerprint density at radius 2 is 1.83 bits per heavy atom. The molecule has 1 aromatic rings. The minimum atomic E-state index is -0.638. The maximum Gasteiger partial charge on any atom is 0.247 e. The van der Waals surface area contributed by atoms with E-state index in [0.29, 0.717) is 45.6 Å². The molecule has 42 heavy (non-hydrogen) atoms. The molecule has 2 bridgehead atoms. The van der Waals surface area contributed by atoms with Crippen LogP contribution in [0.5, 0.6) is 5.75 Å². The lowest BCUT2D eigenvalue weighted by Gasteiger charge is -2.37. The average molecular weight is 598 g/mol. The Bertz CT molecular complexity index is 1130. The smallest absolute Gasteiger partial charge is 0.247 e. The van der Waals surface area contributed by atoms with Crippen molar-refractivity contribution in [1.29, 1.82) is 0 Å². The molecule has 3 fully saturated rings. The Hall–Kier alpha value is -2.78. The first-order valence-corrected chi connectivity index (χ1v) is 16.4. The molecule has 2 unspecified atom stereocenters. The first-order chi connectivity index (χ1) is 20.4. The summed E-state index contributed by atoms with van der Waals surface area (Å²) in [5, 5.41) is 9.42. The van der Waals surface area contributed by atoms with E-state index in [4.69, 9.17) is 4.74 Å². The number of nitrogens with zero attached hydrogens (tertiary/aromatic N) is 3. The number of unbranched alkanes of at least 4 members (excludes halogenated alkanes) is 3. The number of rotatable bonds is 17. The second-order valence-corrected chi connectivity index (χ2v) is 13.1. The van der Waals surface area contributed by atoms with Crippen LogP contribution in [0.25, 0.3) is 0 Å². The van der Waals surface area contributed by atoms with Gasteiger partial charge in [0.25, 0.3) is 0 Å². The fourth-order valence-corrected chi connectivity index (χ4v) is 9.25. The highest BCUT2D eigenvalue weighted by molar-refractivity contribution is 8.02. The monoisotopic (exact) mass is 597 g/mol. The molecule has 1 N–H and O–H groups in total. The van der Waals surface area contributed by atoms with Crippen LogP contribution >= 0.6 is 11.8 Å². The van der Waals surface area contributed by atoms with Gasteiger partial charge in [-0.2, -0.15) is 0 Å². The van der Waals surface area contributed by atoms with E-state index in [9.17, 15) is 19.5 Å². The van der Waals surface area contributed by atoms with Gasteiger partial charge in [-0.05, 0) is 63.3 Å². The van der Waals surface area contributed by atoms with Crippen LogP contribution < -0.4 is 9.64 Å². The lowest BCUT2D eigenvalue weighted by atomic mass is 9.70. The van der Waals surface area contributed by atoms with Crippen molar-refractivity contribution < 1.29 is 24.2 Å². The Morgan fingerprint density at radius 3 is 2.48 bits per heavy atom. The van der Waals surface area contributed by atoms with Gasteiger partial charge in [0.05, 0.1) is 23.2 Å². The zero-order chi connectivity index (χ0) is 30.3. The molecule has 230 valence electrons. The third-order valence-electron chi connectivity index (χ3n) is 8.86. The minimum Gasteiger partial charge on any atom is -0.494 e. The molecule has 9 heteroatoms. The normalized spacial score (nSPS) is 25.8. The lowest BCUT2D eigenvalue weighted by molar-refractivity contribution is -0.142. The second kappa shape index (κ2) is 14.6. The Kier molecular flexibility index (Phi) is 11.2. The molecule has 0 saturated carbocycles. The van der Waals surface area contributed by atoms with Gasteiger partial charge in [-0.15, -0.1) is 24.9 Å². The molecular weight excluding hydrogens is 550 g/mol. The van der Waals surface area contributed by atoms with Crippen molar-refractivity contribution in [2.75, 3.05) is 44.3 Å². The Labute approximate surface area is 255 Å². The molecule has 3 saturated heterocycles. The summed E-state index contributed by atoms with van der Waals surface area (Å²) in [6, 6.07) is 6.82. The fourth-order valence-electron chi connectivity index (χ4n) is 7.04. The van der Waals surface area contributed by atoms with E-state index in [1.807, 2.05) is 36.1 Å². The highest BCUT2D eigenvalue weighted by atomic mass is 32.2. The number of aliphatic hydroxyl groups is 1. The predicted molar refractivity (Wildman–Crippen MR) is 169 cm³/mol. The molecule has 3 heterocycles. The maximum atomic E-state index is 14.4. The van der Waals surface area contributed by atoms with Gasteiger partial charge in [0.15, 0.2) is 0 Å². The van der Waals surface area contributed by atoms with Crippen LogP contribution in [0.4, 0.5) is 5.69 Å². The van der Waals surface area contributed by atoms with Crippen molar-refractivity contribution in [3.8, 4) is 5.75 Å². The summed E-state index contributed by atoms with van der Waals surface area (Å²) in [6.45, 7) is 14.2. The standard InChI is InChI=1S/C33H47N3O5S/c1-5-9-10-21-34(19-6-2)32(40)29-33-18-17-26(42-33)27(28(33)31(39)36(29)22-11-12-23-37)30(38)35(20-7-3)24-13-15-25(16-14-24)41-8-4/h6-7,13-16,26-29,37H,2-3,5,8-12,17-23H2,1,4H3/t26-,27+,28-,29?,33?/m0/s1. The van der Waals surface area contributed by atoms with E-state index in [1.165, 1.54) is 0 Å². The van der Waals surface area contributed by atoms with Crippen molar-refractivity contribution in [2.24, 2.45) is 11.8 Å². The summed E-state index contributed by atoms with van der Waals surface area (Å²) in [6.07, 6.45) is 9.11. The molecule has 0 aliphatic carbocycles. The van der Waals surface area contributed by atoms with E-state index < -0.39 is 22.6 Å². The van der Waals surface area contributed by atoms with Crippen LogP contribution in [0, 0.1) is 11.8 Å². The van der Waals surface area contributed by atoms with Crippen LogP contribution in [-0.2, 0) is 14.4 Å². The summed E-state index contributed by atoms with van der Waals surface area (Å²) in [5.74, 6) is -0.582. The molecule has 3 aliphatic rings. The fraction of sp³-hybridized carbons (Fsp3) is 0.606. The van der Waals surface area contributed by atoms with Gasteiger partial charge < -0.3 is 24.5 Å². The van der Waals surface area contributed by atoms with Gasteiger partial charge in [-0.3, -0.25) is 14.4 Å². The summed E-state index contributed by atoms with van der Waals surface area (Å²) in [4.78, 5) is 48.4. The zero-order valence-corrected chi connectivity index (χ0v) is 26.0. The van der Waals surface area contributed by atoms with E-state index in [-0.39, 0.29) is 29.6 Å². The molecule has 0 radical (unpaired) electrons. The number of hydrogen-bond donors (Lipinski definition) is 1. The van der Waals surface area contributed by atoms with Crippen molar-refractivity contribution >= 4 is 35.2 Å². The predicted octanol–water partition coefficient (Wildman–Crippen LogP) is 4.67. The summed E-state index contributed by atoms with van der Waals surface area (Å²) in [5.41, 5.74) is 0.733. The largest absolute Gasteiger partial charge is 0.494 e. The SMILES string of the molecule is C=CCN(CCCCC)C(=O)C1N(CCCCO)C(=O)[C@@H]2[C@H](C(=O)N(CC=C)c3ccc(OCC)cc3)[C@@H]3CCC12S3. The molecule has 1 aromatic carbocycles. The number of carbonyl (C=O) groups excluding carboxylic acids is 3. The average Bonchev–Trinajstić information content (AvgIpc) is 3.63. The van der Waals surface area contributed by atoms with E-state index in [1.54, 1.807) is 33.7 Å². The molecule has 3 amide bonds. The Morgan fingerprint density at radius 1 is 1.10 bits per heavy atom. The van der Waals surface area contributed by atoms with Crippen LogP contribution in [-0.4, -0.2) is 88.1 Å². The number of ether oxygens (including phenoxy) is 1.